The standard InChI is InChI=1S/C39H44F6N4O6S/c1-2-7-30-37(55-26-21-31(56-23-26)39(43,44)45,13-6-17-49(30)33(50)32-28(38(40,41)42)9-5-16-47-32)35(53)48-18-14-36(46,15-19-48)27-8-3-4-10-29(27)54-22-24-11-12-25(20-24)34(51)52/h3-5,8-10,16,21,23-25,30H,2,6-7,11-15,17-20,22,46H2,1H3,(H,51,52)/t24-,25+,30+,37-/m0/s1. The number of carbonyl (C=O) groups is 3. The number of ether oxygens (including phenoxy) is 2. The summed E-state index contributed by atoms with van der Waals surface area (Å²) in [4.78, 5) is 46.0. The number of halogens is 6. The molecule has 0 unspecified atom stereocenters. The Morgan fingerprint density at radius 1 is 1.00 bits per heavy atom. The Balaban J connectivity index is 1.29. The fourth-order valence-corrected chi connectivity index (χ4v) is 9.06. The van der Waals surface area contributed by atoms with Crippen LogP contribution in [0.15, 0.2) is 54.0 Å². The molecule has 6 rings (SSSR count). The summed E-state index contributed by atoms with van der Waals surface area (Å²) in [5.41, 5.74) is 2.74. The number of likely N-dealkylation sites (tertiary alicyclic amines) is 2. The van der Waals surface area contributed by atoms with E-state index in [0.29, 0.717) is 48.5 Å². The fraction of sp³-hybridized carbons (Fsp3) is 0.538. The van der Waals surface area contributed by atoms with Crippen molar-refractivity contribution in [2.45, 2.75) is 94.2 Å². The molecule has 3 N–H and O–H groups in total. The van der Waals surface area contributed by atoms with E-state index in [1.807, 2.05) is 12.1 Å². The number of hydrogen-bond donors (Lipinski definition) is 2. The summed E-state index contributed by atoms with van der Waals surface area (Å²) in [5.74, 6) is -2.52. The van der Waals surface area contributed by atoms with E-state index in [1.165, 1.54) is 4.90 Å². The minimum Gasteiger partial charge on any atom is -0.493 e. The van der Waals surface area contributed by atoms with E-state index >= 15 is 0 Å². The lowest BCUT2D eigenvalue weighted by molar-refractivity contribution is -0.161. The molecule has 304 valence electrons. The van der Waals surface area contributed by atoms with E-state index in [2.05, 4.69) is 4.98 Å². The fourth-order valence-electron chi connectivity index (χ4n) is 8.38. The molecule has 0 bridgehead atoms. The maximum atomic E-state index is 15.0. The summed E-state index contributed by atoms with van der Waals surface area (Å²) < 4.78 is 95.9. The van der Waals surface area contributed by atoms with Crippen molar-refractivity contribution in [1.82, 2.24) is 14.8 Å². The van der Waals surface area contributed by atoms with Crippen molar-refractivity contribution in [3.05, 3.63) is 75.7 Å². The number of aliphatic carboxylic acids is 1. The minimum absolute atomic E-state index is 0.0172. The number of thiophene rings is 1. The van der Waals surface area contributed by atoms with E-state index in [-0.39, 0.29) is 63.4 Å². The van der Waals surface area contributed by atoms with Crippen molar-refractivity contribution in [3.63, 3.8) is 0 Å². The lowest BCUT2D eigenvalue weighted by Gasteiger charge is -2.51. The van der Waals surface area contributed by atoms with Gasteiger partial charge in [0.05, 0.1) is 24.1 Å². The summed E-state index contributed by atoms with van der Waals surface area (Å²) in [7, 11) is 0. The molecule has 2 saturated heterocycles. The summed E-state index contributed by atoms with van der Waals surface area (Å²) in [6.07, 6.45) is -5.66. The number of carboxylic acids is 1. The van der Waals surface area contributed by atoms with Gasteiger partial charge in [-0.15, -0.1) is 11.3 Å². The predicted molar refractivity (Wildman–Crippen MR) is 193 cm³/mol. The minimum atomic E-state index is -4.91. The Bertz CT molecular complexity index is 1900. The molecule has 2 amide bonds. The first-order valence-electron chi connectivity index (χ1n) is 18.7. The lowest BCUT2D eigenvalue weighted by atomic mass is 9.77. The van der Waals surface area contributed by atoms with Gasteiger partial charge in [-0.05, 0) is 69.1 Å². The molecule has 0 spiro atoms. The van der Waals surface area contributed by atoms with E-state index < -0.39 is 69.4 Å². The smallest absolute Gasteiger partial charge is 0.425 e. The summed E-state index contributed by atoms with van der Waals surface area (Å²) >= 11 is 0.381. The van der Waals surface area contributed by atoms with Gasteiger partial charge >= 0.3 is 18.3 Å². The highest BCUT2D eigenvalue weighted by molar-refractivity contribution is 7.10. The number of amides is 2. The first-order chi connectivity index (χ1) is 26.5. The Morgan fingerprint density at radius 3 is 2.38 bits per heavy atom. The molecule has 2 aliphatic heterocycles. The maximum absolute atomic E-state index is 15.0. The van der Waals surface area contributed by atoms with Crippen LogP contribution in [-0.2, 0) is 27.5 Å². The van der Waals surface area contributed by atoms with Crippen LogP contribution in [0.2, 0.25) is 0 Å². The molecule has 2 aromatic heterocycles. The summed E-state index contributed by atoms with van der Waals surface area (Å²) in [6, 6.07) is 8.70. The van der Waals surface area contributed by atoms with Gasteiger partial charge in [0, 0.05) is 54.8 Å². The molecule has 1 aliphatic carbocycles. The van der Waals surface area contributed by atoms with Gasteiger partial charge in [0.15, 0.2) is 0 Å². The molecule has 3 aromatic rings. The van der Waals surface area contributed by atoms with Crippen LogP contribution in [0, 0.1) is 11.8 Å². The van der Waals surface area contributed by atoms with E-state index in [1.54, 1.807) is 19.1 Å². The number of piperidine rings is 2. The Labute approximate surface area is 324 Å². The third kappa shape index (κ3) is 8.48. The van der Waals surface area contributed by atoms with Gasteiger partial charge in [-0.25, -0.2) is 0 Å². The molecule has 4 heterocycles. The molecule has 3 aliphatic rings. The monoisotopic (exact) mass is 810 g/mol. The first-order valence-corrected chi connectivity index (χ1v) is 19.6. The van der Waals surface area contributed by atoms with Crippen LogP contribution in [0.1, 0.15) is 91.2 Å². The molecular weight excluding hydrogens is 767 g/mol. The number of pyridine rings is 1. The maximum Gasteiger partial charge on any atom is 0.425 e. The Morgan fingerprint density at radius 2 is 1.73 bits per heavy atom. The van der Waals surface area contributed by atoms with Crippen molar-refractivity contribution >= 4 is 29.1 Å². The number of hydrogen-bond acceptors (Lipinski definition) is 8. The Kier molecular flexibility index (Phi) is 12.0. The molecule has 10 nitrogen and oxygen atoms in total. The van der Waals surface area contributed by atoms with Crippen LogP contribution in [0.5, 0.6) is 11.5 Å². The molecule has 4 atom stereocenters. The van der Waals surface area contributed by atoms with Gasteiger partial charge in [-0.2, -0.15) is 26.3 Å². The molecule has 56 heavy (non-hydrogen) atoms. The number of aromatic nitrogens is 1. The SMILES string of the molecule is CCC[C@H]1N(C(=O)c2ncccc2C(F)(F)F)CCC[C@@]1(Oc1csc(C(F)(F)F)c1)C(=O)N1CCC(N)(c2ccccc2OC[C@H]2CC[C@@H](C(=O)O)C2)CC1. The third-order valence-electron chi connectivity index (χ3n) is 11.2. The van der Waals surface area contributed by atoms with E-state index in [0.717, 1.165) is 41.1 Å². The predicted octanol–water partition coefficient (Wildman–Crippen LogP) is 7.76. The highest BCUT2D eigenvalue weighted by Crippen LogP contribution is 2.44. The molecule has 17 heteroatoms. The van der Waals surface area contributed by atoms with Gasteiger partial charge in [0.2, 0.25) is 5.60 Å². The Hall–Kier alpha value is -4.38. The second-order valence-electron chi connectivity index (χ2n) is 14.9. The lowest BCUT2D eigenvalue weighted by Crippen LogP contribution is -2.69. The zero-order valence-electron chi connectivity index (χ0n) is 30.7. The molecule has 0 radical (unpaired) electrons. The van der Waals surface area contributed by atoms with Crippen LogP contribution in [0.4, 0.5) is 26.3 Å². The first kappa shape index (κ1) is 41.3. The van der Waals surface area contributed by atoms with Crippen LogP contribution in [0.25, 0.3) is 0 Å². The van der Waals surface area contributed by atoms with Crippen molar-refractivity contribution in [1.29, 1.82) is 0 Å². The van der Waals surface area contributed by atoms with Crippen molar-refractivity contribution in [2.24, 2.45) is 17.6 Å². The zero-order chi connectivity index (χ0) is 40.5. The number of nitrogens with two attached hydrogens (primary N) is 1. The molecule has 1 saturated carbocycles. The highest BCUT2D eigenvalue weighted by Gasteiger charge is 2.56. The van der Waals surface area contributed by atoms with Gasteiger partial charge in [0.1, 0.15) is 22.1 Å². The number of alkyl halides is 6. The van der Waals surface area contributed by atoms with Gasteiger partial charge in [-0.3, -0.25) is 19.4 Å². The van der Waals surface area contributed by atoms with Crippen molar-refractivity contribution in [3.8, 4) is 11.5 Å². The molecular formula is C39H44F6N4O6S. The van der Waals surface area contributed by atoms with Gasteiger partial charge in [0.25, 0.3) is 11.8 Å². The van der Waals surface area contributed by atoms with E-state index in [9.17, 15) is 45.8 Å². The normalized spacial score (nSPS) is 24.2. The second kappa shape index (κ2) is 16.2. The number of nitrogens with zero attached hydrogens (tertiary/aromatic N) is 3. The molecule has 3 fully saturated rings. The number of rotatable bonds is 11. The van der Waals surface area contributed by atoms with E-state index in [4.69, 9.17) is 15.2 Å². The summed E-state index contributed by atoms with van der Waals surface area (Å²) in [5, 5.41) is 10.5. The van der Waals surface area contributed by atoms with Crippen LogP contribution < -0.4 is 15.2 Å². The van der Waals surface area contributed by atoms with Crippen molar-refractivity contribution < 1.29 is 55.3 Å². The average Bonchev–Trinajstić information content (AvgIpc) is 3.85. The number of carbonyl (C=O) groups excluding carboxylic acids is 2. The number of para-hydroxylation sites is 1. The third-order valence-corrected chi connectivity index (χ3v) is 12.2. The highest BCUT2D eigenvalue weighted by atomic mass is 32.1. The van der Waals surface area contributed by atoms with Crippen molar-refractivity contribution in [2.75, 3.05) is 26.2 Å². The van der Waals surface area contributed by atoms with Gasteiger partial charge < -0.3 is 30.1 Å². The molecule has 1 aromatic carbocycles. The second-order valence-corrected chi connectivity index (χ2v) is 15.8. The summed E-state index contributed by atoms with van der Waals surface area (Å²) in [6.45, 7) is 2.24. The number of benzene rings is 1. The van der Waals surface area contributed by atoms with Crippen LogP contribution in [0.3, 0.4) is 0 Å². The topological polar surface area (TPSA) is 135 Å². The largest absolute Gasteiger partial charge is 0.493 e. The quantitative estimate of drug-likeness (QED) is 0.188. The number of carboxylic acid groups (broad SMARTS) is 1. The average molecular weight is 811 g/mol. The zero-order valence-corrected chi connectivity index (χ0v) is 31.5. The van der Waals surface area contributed by atoms with Gasteiger partial charge in [-0.1, -0.05) is 31.5 Å². The van der Waals surface area contributed by atoms with Crippen LogP contribution in [-0.4, -0.2) is 75.6 Å². The van der Waals surface area contributed by atoms with Crippen LogP contribution >= 0.6 is 11.3 Å².